The van der Waals surface area contributed by atoms with E-state index < -0.39 is 5.67 Å². The Morgan fingerprint density at radius 2 is 2.00 bits per heavy atom. The van der Waals surface area contributed by atoms with Crippen LogP contribution >= 0.6 is 11.6 Å². The number of hydrogen-bond donors (Lipinski definition) is 2. The third-order valence-corrected chi connectivity index (χ3v) is 6.93. The van der Waals surface area contributed by atoms with Crippen molar-refractivity contribution in [1.82, 2.24) is 14.8 Å². The number of rotatable bonds is 9. The number of aromatic nitrogens is 1. The molecule has 0 spiro atoms. The number of alkyl halides is 1. The Morgan fingerprint density at radius 1 is 1.29 bits per heavy atom. The van der Waals surface area contributed by atoms with Crippen LogP contribution in [-0.2, 0) is 11.8 Å². The summed E-state index contributed by atoms with van der Waals surface area (Å²) >= 11 is 6.68. The second kappa shape index (κ2) is 13.0. The highest BCUT2D eigenvalue weighted by atomic mass is 35.5. The van der Waals surface area contributed by atoms with Gasteiger partial charge in [0.2, 0.25) is 0 Å². The van der Waals surface area contributed by atoms with Crippen molar-refractivity contribution in [3.63, 3.8) is 0 Å². The monoisotopic (exact) mass is 545 g/mol. The smallest absolute Gasteiger partial charge is 0.293 e. The molecule has 206 valence electrons. The molecule has 1 aromatic heterocycles. The molecule has 10 heteroatoms. The van der Waals surface area contributed by atoms with Crippen molar-refractivity contribution in [3.05, 3.63) is 57.6 Å². The fourth-order valence-corrected chi connectivity index (χ4v) is 4.27. The second-order valence-corrected chi connectivity index (χ2v) is 10.1. The molecule has 1 saturated heterocycles. The first-order valence-corrected chi connectivity index (χ1v) is 13.2. The zero-order valence-electron chi connectivity index (χ0n) is 22.7. The molecule has 1 aliphatic heterocycles. The first kappa shape index (κ1) is 29.2. The number of carbonyl (C=O) groups excluding carboxylic acids is 1. The van der Waals surface area contributed by atoms with Crippen molar-refractivity contribution in [1.29, 1.82) is 0 Å². The molecule has 0 unspecified atom stereocenters. The number of likely N-dealkylation sites (tertiary alicyclic amines) is 1. The van der Waals surface area contributed by atoms with Gasteiger partial charge < -0.3 is 24.8 Å². The minimum atomic E-state index is -1.12. The first-order chi connectivity index (χ1) is 18.0. The SMILES string of the molecule is CCC/C=C(Nc1ccc2c(c1)cc(OCC(=O)NC)c(=O)n2C)/C(Cl)=C\N=C(C)N1CCC(C)(F)CC1. The van der Waals surface area contributed by atoms with Gasteiger partial charge in [-0.15, -0.1) is 0 Å². The summed E-state index contributed by atoms with van der Waals surface area (Å²) < 4.78 is 21.1. The molecule has 2 aromatic rings. The van der Waals surface area contributed by atoms with Crippen LogP contribution in [0.25, 0.3) is 10.9 Å². The molecule has 8 nitrogen and oxygen atoms in total. The van der Waals surface area contributed by atoms with Crippen molar-refractivity contribution < 1.29 is 13.9 Å². The number of fused-ring (bicyclic) bond motifs is 1. The maximum absolute atomic E-state index is 14.1. The normalized spacial score (nSPS) is 16.5. The summed E-state index contributed by atoms with van der Waals surface area (Å²) in [6.45, 7) is 6.64. The van der Waals surface area contributed by atoms with Crippen LogP contribution in [-0.4, -0.2) is 53.6 Å². The minimum Gasteiger partial charge on any atom is -0.478 e. The topological polar surface area (TPSA) is 88.0 Å². The number of ether oxygens (including phenoxy) is 1. The lowest BCUT2D eigenvalue weighted by molar-refractivity contribution is -0.122. The van der Waals surface area contributed by atoms with E-state index in [0.29, 0.717) is 36.7 Å². The van der Waals surface area contributed by atoms with Crippen LogP contribution in [0, 0.1) is 0 Å². The molecule has 0 saturated carbocycles. The van der Waals surface area contributed by atoms with E-state index in [1.165, 1.54) is 11.6 Å². The Hall–Kier alpha value is -3.33. The lowest BCUT2D eigenvalue weighted by Crippen LogP contribution is -2.42. The predicted octanol–water partition coefficient (Wildman–Crippen LogP) is 5.08. The standard InChI is InChI=1S/C28H37ClFN5O3/c1-6-7-8-23(22(29)17-32-19(2)35-13-11-28(3,30)12-14-35)33-21-9-10-24-20(15-21)16-25(27(37)34(24)5)38-18-26(36)31-4/h8-10,15-17,33H,6-7,11-14,18H2,1-5H3,(H,31,36)/b22-17+,23-8-,32-19?. The summed E-state index contributed by atoms with van der Waals surface area (Å²) in [6, 6.07) is 7.23. The highest BCUT2D eigenvalue weighted by molar-refractivity contribution is 6.32. The van der Waals surface area contributed by atoms with Crippen LogP contribution in [0.1, 0.15) is 46.5 Å². The average Bonchev–Trinajstić information content (AvgIpc) is 2.90. The Bertz CT molecular complexity index is 1310. The minimum absolute atomic E-state index is 0.0935. The van der Waals surface area contributed by atoms with Crippen LogP contribution in [0.2, 0.25) is 0 Å². The number of benzene rings is 1. The number of amides is 1. The molecule has 1 amide bonds. The fourth-order valence-electron chi connectivity index (χ4n) is 4.10. The number of aryl methyl sites for hydroxylation is 1. The Morgan fingerprint density at radius 3 is 2.66 bits per heavy atom. The summed E-state index contributed by atoms with van der Waals surface area (Å²) in [5.74, 6) is 0.564. The number of piperidine rings is 1. The number of hydrogen-bond acceptors (Lipinski definition) is 5. The van der Waals surface area contributed by atoms with Gasteiger partial charge in [0, 0.05) is 44.5 Å². The highest BCUT2D eigenvalue weighted by Crippen LogP contribution is 2.27. The van der Waals surface area contributed by atoms with Gasteiger partial charge in [0.1, 0.15) is 11.5 Å². The molecule has 2 heterocycles. The maximum Gasteiger partial charge on any atom is 0.293 e. The fraction of sp³-hybridized carbons (Fsp3) is 0.464. The number of unbranched alkanes of at least 4 members (excludes halogenated alkanes) is 1. The van der Waals surface area contributed by atoms with Crippen LogP contribution in [0.4, 0.5) is 10.1 Å². The number of nitrogens with one attached hydrogen (secondary N) is 2. The zero-order valence-corrected chi connectivity index (χ0v) is 23.5. The van der Waals surface area contributed by atoms with Gasteiger partial charge in [-0.3, -0.25) is 9.59 Å². The van der Waals surface area contributed by atoms with E-state index in [4.69, 9.17) is 16.3 Å². The van der Waals surface area contributed by atoms with Crippen molar-refractivity contribution in [2.75, 3.05) is 32.1 Å². The Labute approximate surface area is 228 Å². The summed E-state index contributed by atoms with van der Waals surface area (Å²) in [5, 5.41) is 7.05. The molecule has 3 rings (SSSR count). The third-order valence-electron chi connectivity index (χ3n) is 6.63. The molecular weight excluding hydrogens is 509 g/mol. The summed E-state index contributed by atoms with van der Waals surface area (Å²) in [4.78, 5) is 30.8. The van der Waals surface area contributed by atoms with Gasteiger partial charge in [-0.2, -0.15) is 0 Å². The van der Waals surface area contributed by atoms with E-state index in [9.17, 15) is 14.0 Å². The van der Waals surface area contributed by atoms with Gasteiger partial charge in [0.05, 0.1) is 16.2 Å². The molecule has 1 aliphatic rings. The van der Waals surface area contributed by atoms with Gasteiger partial charge in [-0.05, 0) is 57.4 Å². The van der Waals surface area contributed by atoms with Crippen molar-refractivity contribution in [2.24, 2.45) is 12.0 Å². The van der Waals surface area contributed by atoms with E-state index >= 15 is 0 Å². The van der Waals surface area contributed by atoms with E-state index in [2.05, 4.69) is 27.4 Å². The average molecular weight is 546 g/mol. The van der Waals surface area contributed by atoms with E-state index in [1.54, 1.807) is 26.2 Å². The number of pyridine rings is 1. The van der Waals surface area contributed by atoms with E-state index in [0.717, 1.165) is 35.3 Å². The molecule has 1 aromatic carbocycles. The van der Waals surface area contributed by atoms with Gasteiger partial charge in [-0.25, -0.2) is 9.38 Å². The van der Waals surface area contributed by atoms with Gasteiger partial charge in [0.25, 0.3) is 11.5 Å². The summed E-state index contributed by atoms with van der Waals surface area (Å²) in [7, 11) is 3.17. The molecule has 0 aliphatic carbocycles. The molecule has 1 fully saturated rings. The van der Waals surface area contributed by atoms with Crippen molar-refractivity contribution in [3.8, 4) is 5.75 Å². The molecular formula is C28H37ClFN5O3. The Balaban J connectivity index is 1.84. The maximum atomic E-state index is 14.1. The number of likely N-dealkylation sites (N-methyl/N-ethyl adjacent to an activating group) is 1. The van der Waals surface area contributed by atoms with Crippen molar-refractivity contribution in [2.45, 2.75) is 52.1 Å². The van der Waals surface area contributed by atoms with Crippen LogP contribution in [0.5, 0.6) is 5.75 Å². The third kappa shape index (κ3) is 7.60. The first-order valence-electron chi connectivity index (χ1n) is 12.8. The highest BCUT2D eigenvalue weighted by Gasteiger charge is 2.29. The summed E-state index contributed by atoms with van der Waals surface area (Å²) in [5.41, 5.74) is 0.754. The van der Waals surface area contributed by atoms with Crippen molar-refractivity contribution >= 4 is 39.9 Å². The second-order valence-electron chi connectivity index (χ2n) is 9.69. The van der Waals surface area contributed by atoms with Gasteiger partial charge >= 0.3 is 0 Å². The number of aliphatic imine (C=N–C) groups is 1. The lowest BCUT2D eigenvalue weighted by atomic mass is 9.96. The quantitative estimate of drug-likeness (QED) is 0.260. The molecule has 0 radical (unpaired) electrons. The van der Waals surface area contributed by atoms with E-state index in [1.807, 2.05) is 31.2 Å². The summed E-state index contributed by atoms with van der Waals surface area (Å²) in [6.07, 6.45) is 6.35. The molecule has 2 N–H and O–H groups in total. The largest absolute Gasteiger partial charge is 0.478 e. The number of halogens is 2. The van der Waals surface area contributed by atoms with Crippen LogP contribution in [0.3, 0.4) is 0 Å². The van der Waals surface area contributed by atoms with Crippen LogP contribution < -0.4 is 20.9 Å². The number of carbonyl (C=O) groups is 1. The van der Waals surface area contributed by atoms with E-state index in [-0.39, 0.29) is 23.8 Å². The van der Waals surface area contributed by atoms with Gasteiger partial charge in [-0.1, -0.05) is 31.0 Å². The lowest BCUT2D eigenvalue weighted by Gasteiger charge is -2.35. The van der Waals surface area contributed by atoms with Crippen LogP contribution in [0.15, 0.2) is 57.1 Å². The zero-order chi connectivity index (χ0) is 27.9. The predicted molar refractivity (Wildman–Crippen MR) is 153 cm³/mol. The number of amidine groups is 1. The molecule has 0 bridgehead atoms. The van der Waals surface area contributed by atoms with Gasteiger partial charge in [0.15, 0.2) is 12.4 Å². The number of allylic oxidation sites excluding steroid dienone is 2. The number of nitrogens with zero attached hydrogens (tertiary/aromatic N) is 3. The number of anilines is 1. The Kier molecular flexibility index (Phi) is 9.96. The molecule has 38 heavy (non-hydrogen) atoms. The molecule has 0 atom stereocenters.